The van der Waals surface area contributed by atoms with Gasteiger partial charge in [-0.1, -0.05) is 48.5 Å². The molecule has 1 aliphatic rings. The van der Waals surface area contributed by atoms with E-state index in [1.807, 2.05) is 12.3 Å². The number of ether oxygens (including phenoxy) is 1. The van der Waals surface area contributed by atoms with Gasteiger partial charge in [0, 0.05) is 29.9 Å². The van der Waals surface area contributed by atoms with Gasteiger partial charge in [-0.05, 0) is 37.0 Å². The molecule has 0 amide bonds. The van der Waals surface area contributed by atoms with Gasteiger partial charge in [0.15, 0.2) is 0 Å². The third-order valence-corrected chi connectivity index (χ3v) is 4.79. The Balaban J connectivity index is 1.56. The highest BCUT2D eigenvalue weighted by molar-refractivity contribution is 5.92. The highest BCUT2D eigenvalue weighted by Gasteiger charge is 2.24. The van der Waals surface area contributed by atoms with Crippen molar-refractivity contribution in [2.45, 2.75) is 31.9 Å². The lowest BCUT2D eigenvalue weighted by molar-refractivity contribution is 0.00981. The maximum absolute atomic E-state index is 5.99. The Morgan fingerprint density at radius 1 is 1.04 bits per heavy atom. The summed E-state index contributed by atoms with van der Waals surface area (Å²) in [5, 5.41) is 4.93. The first-order valence-electron chi connectivity index (χ1n) is 8.58. The van der Waals surface area contributed by atoms with Gasteiger partial charge in [0.05, 0.1) is 11.6 Å². The number of pyridine rings is 1. The predicted molar refractivity (Wildman–Crippen MR) is 98.3 cm³/mol. The zero-order chi connectivity index (χ0) is 16.4. The Morgan fingerprint density at radius 3 is 2.79 bits per heavy atom. The zero-order valence-electron chi connectivity index (χ0n) is 13.9. The number of nitrogens with zero attached hydrogens (tertiary/aromatic N) is 1. The summed E-state index contributed by atoms with van der Waals surface area (Å²) in [5.74, 6) is 0. The molecule has 0 bridgehead atoms. The molecule has 1 fully saturated rings. The molecule has 0 saturated carbocycles. The first kappa shape index (κ1) is 15.2. The quantitative estimate of drug-likeness (QED) is 0.747. The van der Waals surface area contributed by atoms with Crippen LogP contribution < -0.4 is 5.32 Å². The van der Waals surface area contributed by atoms with E-state index >= 15 is 0 Å². The van der Waals surface area contributed by atoms with Crippen LogP contribution in [0.15, 0.2) is 60.8 Å². The Bertz CT molecular complexity index is 832. The minimum atomic E-state index is 0.173. The molecule has 2 aromatic carbocycles. The smallest absolute Gasteiger partial charge is 0.0844 e. The average molecular weight is 318 g/mol. The van der Waals surface area contributed by atoms with Crippen molar-refractivity contribution in [2.24, 2.45) is 0 Å². The van der Waals surface area contributed by atoms with Crippen LogP contribution in [0, 0.1) is 6.92 Å². The van der Waals surface area contributed by atoms with Crippen LogP contribution in [0.4, 0.5) is 5.69 Å². The van der Waals surface area contributed by atoms with Gasteiger partial charge >= 0.3 is 0 Å². The molecule has 1 saturated heterocycles. The average Bonchev–Trinajstić information content (AvgIpc) is 2.64. The third-order valence-electron chi connectivity index (χ3n) is 4.79. The van der Waals surface area contributed by atoms with Crippen molar-refractivity contribution in [1.29, 1.82) is 0 Å². The fourth-order valence-electron chi connectivity index (χ4n) is 3.50. The largest absolute Gasteiger partial charge is 0.382 e. The summed E-state index contributed by atoms with van der Waals surface area (Å²) < 4.78 is 5.99. The molecule has 2 unspecified atom stereocenters. The second-order valence-electron chi connectivity index (χ2n) is 6.47. The number of benzene rings is 2. The Kier molecular flexibility index (Phi) is 4.18. The van der Waals surface area contributed by atoms with Gasteiger partial charge in [-0.2, -0.15) is 0 Å². The standard InChI is InChI=1S/C21H22N2O/c1-15-6-5-9-18-19(10-12-22-21(15)18)23-17-11-13-24-20(14-17)16-7-3-2-4-8-16/h2-10,12,17,20H,11,13-14H2,1H3,(H,22,23). The molecule has 0 spiro atoms. The summed E-state index contributed by atoms with van der Waals surface area (Å²) >= 11 is 0. The fourth-order valence-corrected chi connectivity index (χ4v) is 3.50. The van der Waals surface area contributed by atoms with Crippen LogP contribution >= 0.6 is 0 Å². The summed E-state index contributed by atoms with van der Waals surface area (Å²) in [6, 6.07) is 19.4. The van der Waals surface area contributed by atoms with Crippen LogP contribution in [0.25, 0.3) is 10.9 Å². The predicted octanol–water partition coefficient (Wildman–Crippen LogP) is 4.88. The molecule has 4 rings (SSSR count). The highest BCUT2D eigenvalue weighted by atomic mass is 16.5. The minimum absolute atomic E-state index is 0.173. The van der Waals surface area contributed by atoms with E-state index in [0.29, 0.717) is 6.04 Å². The number of aromatic nitrogens is 1. The molecule has 0 radical (unpaired) electrons. The molecule has 3 heteroatoms. The van der Waals surface area contributed by atoms with Crippen LogP contribution in [0.1, 0.15) is 30.1 Å². The highest BCUT2D eigenvalue weighted by Crippen LogP contribution is 2.31. The van der Waals surface area contributed by atoms with Crippen molar-refractivity contribution in [3.63, 3.8) is 0 Å². The maximum Gasteiger partial charge on any atom is 0.0844 e. The van der Waals surface area contributed by atoms with Crippen LogP contribution in [-0.4, -0.2) is 17.6 Å². The van der Waals surface area contributed by atoms with E-state index in [4.69, 9.17) is 4.74 Å². The molecule has 24 heavy (non-hydrogen) atoms. The van der Waals surface area contributed by atoms with Gasteiger partial charge in [0.1, 0.15) is 0 Å². The summed E-state index contributed by atoms with van der Waals surface area (Å²) in [5.41, 5.74) is 4.72. The van der Waals surface area contributed by atoms with Gasteiger partial charge in [0.2, 0.25) is 0 Å². The number of fused-ring (bicyclic) bond motifs is 1. The lowest BCUT2D eigenvalue weighted by Crippen LogP contribution is -2.30. The lowest BCUT2D eigenvalue weighted by atomic mass is 9.97. The molecule has 0 aliphatic carbocycles. The van der Waals surface area contributed by atoms with Gasteiger partial charge in [-0.15, -0.1) is 0 Å². The van der Waals surface area contributed by atoms with Gasteiger partial charge in [0.25, 0.3) is 0 Å². The second-order valence-corrected chi connectivity index (χ2v) is 6.47. The minimum Gasteiger partial charge on any atom is -0.382 e. The normalized spacial score (nSPS) is 20.9. The van der Waals surface area contributed by atoms with E-state index in [2.05, 4.69) is 65.8 Å². The molecule has 3 aromatic rings. The Morgan fingerprint density at radius 2 is 1.92 bits per heavy atom. The third kappa shape index (κ3) is 3.00. The molecule has 3 nitrogen and oxygen atoms in total. The number of rotatable bonds is 3. The van der Waals surface area contributed by atoms with Crippen molar-refractivity contribution in [3.05, 3.63) is 71.9 Å². The summed E-state index contributed by atoms with van der Waals surface area (Å²) in [6.45, 7) is 2.90. The topological polar surface area (TPSA) is 34.1 Å². The van der Waals surface area contributed by atoms with Gasteiger partial charge in [-0.25, -0.2) is 0 Å². The lowest BCUT2D eigenvalue weighted by Gasteiger charge is -2.31. The molecule has 122 valence electrons. The number of hydrogen-bond donors (Lipinski definition) is 1. The summed E-state index contributed by atoms with van der Waals surface area (Å²) in [4.78, 5) is 4.53. The number of anilines is 1. The molecule has 2 heterocycles. The van der Waals surface area contributed by atoms with Crippen LogP contribution in [0.5, 0.6) is 0 Å². The van der Waals surface area contributed by atoms with E-state index in [0.717, 1.165) is 25.0 Å². The van der Waals surface area contributed by atoms with Gasteiger partial charge in [-0.3, -0.25) is 4.98 Å². The van der Waals surface area contributed by atoms with Crippen molar-refractivity contribution in [2.75, 3.05) is 11.9 Å². The number of nitrogens with one attached hydrogen (secondary N) is 1. The van der Waals surface area contributed by atoms with Crippen LogP contribution in [-0.2, 0) is 4.74 Å². The van der Waals surface area contributed by atoms with E-state index in [1.54, 1.807) is 0 Å². The SMILES string of the molecule is Cc1cccc2c(NC3CCOC(c4ccccc4)C3)ccnc12. The van der Waals surface area contributed by atoms with E-state index < -0.39 is 0 Å². The molecular weight excluding hydrogens is 296 g/mol. The Labute approximate surface area is 142 Å². The van der Waals surface area contributed by atoms with Crippen molar-refractivity contribution < 1.29 is 4.74 Å². The monoisotopic (exact) mass is 318 g/mol. The number of hydrogen-bond acceptors (Lipinski definition) is 3. The first-order valence-corrected chi connectivity index (χ1v) is 8.58. The van der Waals surface area contributed by atoms with E-state index in [-0.39, 0.29) is 6.10 Å². The molecular formula is C21H22N2O. The van der Waals surface area contributed by atoms with Crippen molar-refractivity contribution in [1.82, 2.24) is 4.98 Å². The summed E-state index contributed by atoms with van der Waals surface area (Å²) in [7, 11) is 0. The molecule has 2 atom stereocenters. The summed E-state index contributed by atoms with van der Waals surface area (Å²) in [6.07, 6.45) is 4.08. The zero-order valence-corrected chi connectivity index (χ0v) is 13.9. The van der Waals surface area contributed by atoms with Crippen molar-refractivity contribution >= 4 is 16.6 Å². The molecule has 1 aromatic heterocycles. The fraction of sp³-hybridized carbons (Fsp3) is 0.286. The van der Waals surface area contributed by atoms with E-state index in [9.17, 15) is 0 Å². The second kappa shape index (κ2) is 6.62. The van der Waals surface area contributed by atoms with Crippen LogP contribution in [0.3, 0.4) is 0 Å². The van der Waals surface area contributed by atoms with Gasteiger partial charge < -0.3 is 10.1 Å². The van der Waals surface area contributed by atoms with Crippen LogP contribution in [0.2, 0.25) is 0 Å². The maximum atomic E-state index is 5.99. The Hall–Kier alpha value is -2.39. The first-order chi connectivity index (χ1) is 11.8. The van der Waals surface area contributed by atoms with Crippen molar-refractivity contribution in [3.8, 4) is 0 Å². The molecule has 1 aliphatic heterocycles. The molecule has 1 N–H and O–H groups in total. The van der Waals surface area contributed by atoms with E-state index in [1.165, 1.54) is 22.2 Å². The number of aryl methyl sites for hydroxylation is 1. The number of para-hydroxylation sites is 1.